The monoisotopic (exact) mass is 393 g/mol. The van der Waals surface area contributed by atoms with Crippen molar-refractivity contribution in [1.29, 1.82) is 0 Å². The van der Waals surface area contributed by atoms with Gasteiger partial charge in [0.15, 0.2) is 0 Å². The van der Waals surface area contributed by atoms with Crippen LogP contribution >= 0.6 is 15.9 Å². The second-order valence-corrected chi connectivity index (χ2v) is 5.70. The van der Waals surface area contributed by atoms with Crippen molar-refractivity contribution in [2.45, 2.75) is 6.92 Å². The summed E-state index contributed by atoms with van der Waals surface area (Å²) in [5.41, 5.74) is 1.14. The standard InChI is InChI=1S/C18H20BrNO4/c1-3-23-10-11-24-17-7-5-4-6-15(17)20-18(21)13-8-9-16(22-2)14(19)12-13/h4-9,12H,3,10-11H2,1-2H3,(H,20,21). The molecule has 0 aliphatic carbocycles. The molecule has 0 fully saturated rings. The molecule has 2 aromatic rings. The van der Waals surface area contributed by atoms with E-state index in [1.807, 2.05) is 25.1 Å². The highest BCUT2D eigenvalue weighted by Crippen LogP contribution is 2.27. The van der Waals surface area contributed by atoms with Crippen molar-refractivity contribution in [1.82, 2.24) is 0 Å². The van der Waals surface area contributed by atoms with E-state index in [0.717, 1.165) is 4.47 Å². The van der Waals surface area contributed by atoms with Crippen LogP contribution in [0.25, 0.3) is 0 Å². The molecule has 5 nitrogen and oxygen atoms in total. The molecule has 0 saturated carbocycles. The summed E-state index contributed by atoms with van der Waals surface area (Å²) >= 11 is 3.38. The van der Waals surface area contributed by atoms with Gasteiger partial charge in [-0.3, -0.25) is 4.79 Å². The normalized spacial score (nSPS) is 10.3. The van der Waals surface area contributed by atoms with Crippen LogP contribution in [-0.4, -0.2) is 32.8 Å². The van der Waals surface area contributed by atoms with Gasteiger partial charge in [-0.2, -0.15) is 0 Å². The van der Waals surface area contributed by atoms with Crippen LogP contribution in [0.5, 0.6) is 11.5 Å². The van der Waals surface area contributed by atoms with Gasteiger partial charge in [0.2, 0.25) is 0 Å². The predicted molar refractivity (Wildman–Crippen MR) is 97.1 cm³/mol. The molecule has 2 rings (SSSR count). The Hall–Kier alpha value is -2.05. The van der Waals surface area contributed by atoms with Gasteiger partial charge in [0.25, 0.3) is 5.91 Å². The molecule has 24 heavy (non-hydrogen) atoms. The van der Waals surface area contributed by atoms with E-state index in [2.05, 4.69) is 21.2 Å². The number of hydrogen-bond acceptors (Lipinski definition) is 4. The molecule has 1 amide bonds. The molecule has 0 aromatic heterocycles. The van der Waals surface area contributed by atoms with E-state index >= 15 is 0 Å². The van der Waals surface area contributed by atoms with Gasteiger partial charge in [-0.15, -0.1) is 0 Å². The second kappa shape index (κ2) is 9.30. The van der Waals surface area contributed by atoms with Gasteiger partial charge in [0, 0.05) is 12.2 Å². The zero-order valence-electron chi connectivity index (χ0n) is 13.7. The number of amides is 1. The van der Waals surface area contributed by atoms with Gasteiger partial charge < -0.3 is 19.5 Å². The molecule has 6 heteroatoms. The third-order valence-corrected chi connectivity index (χ3v) is 3.86. The first-order valence-corrected chi connectivity index (χ1v) is 8.39. The third kappa shape index (κ3) is 4.97. The molecule has 0 bridgehead atoms. The minimum absolute atomic E-state index is 0.223. The van der Waals surface area contributed by atoms with Gasteiger partial charge >= 0.3 is 0 Å². The second-order valence-electron chi connectivity index (χ2n) is 4.84. The van der Waals surface area contributed by atoms with Crippen molar-refractivity contribution in [2.24, 2.45) is 0 Å². The van der Waals surface area contributed by atoms with Gasteiger partial charge in [-0.05, 0) is 53.2 Å². The lowest BCUT2D eigenvalue weighted by Gasteiger charge is -2.13. The van der Waals surface area contributed by atoms with Crippen molar-refractivity contribution in [3.8, 4) is 11.5 Å². The van der Waals surface area contributed by atoms with E-state index in [1.165, 1.54) is 0 Å². The molecule has 0 spiro atoms. The number of rotatable bonds is 8. The van der Waals surface area contributed by atoms with Gasteiger partial charge in [0.1, 0.15) is 18.1 Å². The van der Waals surface area contributed by atoms with Crippen LogP contribution < -0.4 is 14.8 Å². The Morgan fingerprint density at radius 2 is 1.92 bits per heavy atom. The lowest BCUT2D eigenvalue weighted by Crippen LogP contribution is -2.14. The summed E-state index contributed by atoms with van der Waals surface area (Å²) in [4.78, 5) is 12.4. The average molecular weight is 394 g/mol. The maximum atomic E-state index is 12.4. The Bertz CT molecular complexity index is 690. The van der Waals surface area contributed by atoms with Crippen LogP contribution in [0.3, 0.4) is 0 Å². The molecule has 2 aromatic carbocycles. The number of benzene rings is 2. The lowest BCUT2D eigenvalue weighted by molar-refractivity contribution is 0.102. The molecule has 1 N–H and O–H groups in total. The molecular weight excluding hydrogens is 374 g/mol. The summed E-state index contributed by atoms with van der Waals surface area (Å²) < 4.78 is 16.8. The van der Waals surface area contributed by atoms with Crippen molar-refractivity contribution in [2.75, 3.05) is 32.2 Å². The number of methoxy groups -OCH3 is 1. The number of carbonyl (C=O) groups excluding carboxylic acids is 1. The summed E-state index contributed by atoms with van der Waals surface area (Å²) in [7, 11) is 1.58. The zero-order chi connectivity index (χ0) is 17.4. The quantitative estimate of drug-likeness (QED) is 0.685. The van der Waals surface area contributed by atoms with Gasteiger partial charge in [-0.1, -0.05) is 12.1 Å². The number of para-hydroxylation sites is 2. The van der Waals surface area contributed by atoms with Crippen LogP contribution in [-0.2, 0) is 4.74 Å². The van der Waals surface area contributed by atoms with Crippen molar-refractivity contribution in [3.05, 3.63) is 52.5 Å². The highest BCUT2D eigenvalue weighted by Gasteiger charge is 2.11. The summed E-state index contributed by atoms with van der Waals surface area (Å²) in [6.45, 7) is 3.51. The Labute approximate surface area is 150 Å². The predicted octanol–water partition coefficient (Wildman–Crippen LogP) is 4.13. The molecule has 128 valence electrons. The van der Waals surface area contributed by atoms with Gasteiger partial charge in [-0.25, -0.2) is 0 Å². The molecule has 0 atom stereocenters. The first-order chi connectivity index (χ1) is 11.7. The van der Waals surface area contributed by atoms with Crippen molar-refractivity contribution in [3.63, 3.8) is 0 Å². The smallest absolute Gasteiger partial charge is 0.255 e. The van der Waals surface area contributed by atoms with E-state index in [9.17, 15) is 4.79 Å². The SMILES string of the molecule is CCOCCOc1ccccc1NC(=O)c1ccc(OC)c(Br)c1. The molecule has 0 radical (unpaired) electrons. The van der Waals surface area contributed by atoms with Crippen LogP contribution in [0.4, 0.5) is 5.69 Å². The Morgan fingerprint density at radius 3 is 2.62 bits per heavy atom. The number of halogens is 1. The minimum atomic E-state index is -0.223. The Balaban J connectivity index is 2.07. The number of carbonyl (C=O) groups is 1. The first-order valence-electron chi connectivity index (χ1n) is 7.60. The minimum Gasteiger partial charge on any atom is -0.496 e. The number of hydrogen-bond donors (Lipinski definition) is 1. The number of ether oxygens (including phenoxy) is 3. The van der Waals surface area contributed by atoms with E-state index in [-0.39, 0.29) is 5.91 Å². The van der Waals surface area contributed by atoms with Crippen molar-refractivity contribution >= 4 is 27.5 Å². The van der Waals surface area contributed by atoms with Crippen LogP contribution in [0.2, 0.25) is 0 Å². The molecular formula is C18H20BrNO4. The molecule has 0 heterocycles. The lowest BCUT2D eigenvalue weighted by atomic mass is 10.2. The number of nitrogens with one attached hydrogen (secondary N) is 1. The maximum Gasteiger partial charge on any atom is 0.255 e. The largest absolute Gasteiger partial charge is 0.496 e. The molecule has 0 aliphatic rings. The van der Waals surface area contributed by atoms with Crippen molar-refractivity contribution < 1.29 is 19.0 Å². The fourth-order valence-corrected chi connectivity index (χ4v) is 2.59. The summed E-state index contributed by atoms with van der Waals surface area (Å²) in [6.07, 6.45) is 0. The van der Waals surface area contributed by atoms with E-state index in [0.29, 0.717) is 42.6 Å². The van der Waals surface area contributed by atoms with Crippen LogP contribution in [0.15, 0.2) is 46.9 Å². The highest BCUT2D eigenvalue weighted by atomic mass is 79.9. The van der Waals surface area contributed by atoms with E-state index in [1.54, 1.807) is 31.4 Å². The summed E-state index contributed by atoms with van der Waals surface area (Å²) in [5, 5.41) is 2.87. The molecule has 0 unspecified atom stereocenters. The summed E-state index contributed by atoms with van der Waals surface area (Å²) in [5.74, 6) is 1.06. The highest BCUT2D eigenvalue weighted by molar-refractivity contribution is 9.10. The average Bonchev–Trinajstić information content (AvgIpc) is 2.60. The van der Waals surface area contributed by atoms with Gasteiger partial charge in [0.05, 0.1) is 23.9 Å². The van der Waals surface area contributed by atoms with Crippen LogP contribution in [0, 0.1) is 0 Å². The third-order valence-electron chi connectivity index (χ3n) is 3.24. The topological polar surface area (TPSA) is 56.8 Å². The fraction of sp³-hybridized carbons (Fsp3) is 0.278. The maximum absolute atomic E-state index is 12.4. The zero-order valence-corrected chi connectivity index (χ0v) is 15.3. The first kappa shape index (κ1) is 18.3. The van der Waals surface area contributed by atoms with E-state index in [4.69, 9.17) is 14.2 Å². The molecule has 0 aliphatic heterocycles. The van der Waals surface area contributed by atoms with E-state index < -0.39 is 0 Å². The fourth-order valence-electron chi connectivity index (χ4n) is 2.05. The Morgan fingerprint density at radius 1 is 1.12 bits per heavy atom. The number of anilines is 1. The molecule has 0 saturated heterocycles. The summed E-state index contributed by atoms with van der Waals surface area (Å²) in [6, 6.07) is 12.5. The Kier molecular flexibility index (Phi) is 7.08. The van der Waals surface area contributed by atoms with Crippen LogP contribution in [0.1, 0.15) is 17.3 Å².